The number of para-hydroxylation sites is 3. The molecule has 1 aromatic heterocycles. The molecule has 1 saturated heterocycles. The van der Waals surface area contributed by atoms with Crippen LogP contribution in [0.1, 0.15) is 63.9 Å². The molecule has 2 aromatic carbocycles. The number of piperidine rings is 1. The van der Waals surface area contributed by atoms with E-state index in [4.69, 9.17) is 4.98 Å². The van der Waals surface area contributed by atoms with E-state index in [1.807, 2.05) is 24.3 Å². The Labute approximate surface area is 185 Å². The largest absolute Gasteiger partial charge is 0.326 e. The summed E-state index contributed by atoms with van der Waals surface area (Å²) in [7, 11) is 0. The van der Waals surface area contributed by atoms with Crippen molar-refractivity contribution in [2.45, 2.75) is 59.0 Å². The van der Waals surface area contributed by atoms with Gasteiger partial charge in [0.05, 0.1) is 23.5 Å². The van der Waals surface area contributed by atoms with Crippen molar-refractivity contribution in [2.24, 2.45) is 5.92 Å². The summed E-state index contributed by atoms with van der Waals surface area (Å²) < 4.78 is 2.33. The number of nitrogens with zero attached hydrogens (tertiary/aromatic N) is 3. The quantitative estimate of drug-likeness (QED) is 0.568. The minimum atomic E-state index is 0.00541. The predicted molar refractivity (Wildman–Crippen MR) is 127 cm³/mol. The van der Waals surface area contributed by atoms with Gasteiger partial charge in [-0.1, -0.05) is 44.2 Å². The average molecular weight is 419 g/mol. The fourth-order valence-electron chi connectivity index (χ4n) is 4.74. The fourth-order valence-corrected chi connectivity index (χ4v) is 4.74. The molecule has 164 valence electrons. The van der Waals surface area contributed by atoms with Gasteiger partial charge in [0.2, 0.25) is 5.91 Å². The molecular weight excluding hydrogens is 384 g/mol. The Morgan fingerprint density at radius 3 is 2.61 bits per heavy atom. The highest BCUT2D eigenvalue weighted by molar-refractivity contribution is 5.93. The third-order valence-electron chi connectivity index (χ3n) is 6.27. The molecule has 0 bridgehead atoms. The number of carbonyl (C=O) groups is 1. The second kappa shape index (κ2) is 9.23. The molecule has 0 aliphatic carbocycles. The number of nitrogens with one attached hydrogen (secondary N) is 1. The van der Waals surface area contributed by atoms with Crippen LogP contribution >= 0.6 is 0 Å². The van der Waals surface area contributed by atoms with Crippen molar-refractivity contribution >= 4 is 22.6 Å². The van der Waals surface area contributed by atoms with Gasteiger partial charge in [-0.2, -0.15) is 0 Å². The van der Waals surface area contributed by atoms with Gasteiger partial charge >= 0.3 is 0 Å². The van der Waals surface area contributed by atoms with Gasteiger partial charge in [0.1, 0.15) is 5.82 Å². The number of fused-ring (bicyclic) bond motifs is 1. The summed E-state index contributed by atoms with van der Waals surface area (Å²) >= 11 is 0. The molecule has 5 heteroatoms. The molecule has 5 nitrogen and oxygen atoms in total. The molecule has 3 aromatic rings. The number of hydrogen-bond acceptors (Lipinski definition) is 3. The number of rotatable bonds is 6. The highest BCUT2D eigenvalue weighted by Gasteiger charge is 2.27. The van der Waals surface area contributed by atoms with Crippen molar-refractivity contribution in [3.05, 3.63) is 59.9 Å². The number of anilines is 1. The van der Waals surface area contributed by atoms with Crippen LogP contribution in [0.5, 0.6) is 0 Å². The SMILES string of the molecule is CC(C)c1ccccc1NC(=O)[C@H]1CCCN(Cc2nc3ccccc3n2C(C)C)C1. The topological polar surface area (TPSA) is 50.2 Å². The first kappa shape index (κ1) is 21.6. The van der Waals surface area contributed by atoms with Crippen LogP contribution in [0, 0.1) is 5.92 Å². The van der Waals surface area contributed by atoms with Gasteiger partial charge in [-0.3, -0.25) is 9.69 Å². The molecule has 0 radical (unpaired) electrons. The van der Waals surface area contributed by atoms with Gasteiger partial charge in [-0.25, -0.2) is 4.98 Å². The first-order valence-electron chi connectivity index (χ1n) is 11.5. The van der Waals surface area contributed by atoms with E-state index in [0.29, 0.717) is 12.0 Å². The molecule has 1 N–H and O–H groups in total. The summed E-state index contributed by atoms with van der Waals surface area (Å²) in [6, 6.07) is 16.8. The maximum Gasteiger partial charge on any atom is 0.228 e. The van der Waals surface area contributed by atoms with Gasteiger partial charge in [-0.05, 0) is 62.9 Å². The van der Waals surface area contributed by atoms with E-state index in [0.717, 1.165) is 49.5 Å². The summed E-state index contributed by atoms with van der Waals surface area (Å²) in [4.78, 5) is 20.4. The van der Waals surface area contributed by atoms with Crippen molar-refractivity contribution < 1.29 is 4.79 Å². The van der Waals surface area contributed by atoms with E-state index in [1.165, 1.54) is 11.1 Å². The average Bonchev–Trinajstić information content (AvgIpc) is 3.12. The zero-order valence-corrected chi connectivity index (χ0v) is 19.1. The molecule has 0 unspecified atom stereocenters. The predicted octanol–water partition coefficient (Wildman–Crippen LogP) is 5.59. The van der Waals surface area contributed by atoms with Crippen molar-refractivity contribution in [3.63, 3.8) is 0 Å². The number of imidazole rings is 1. The number of likely N-dealkylation sites (tertiary alicyclic amines) is 1. The van der Waals surface area contributed by atoms with Crippen LogP contribution in [0.15, 0.2) is 48.5 Å². The second-order valence-electron chi connectivity index (χ2n) is 9.29. The van der Waals surface area contributed by atoms with Crippen LogP contribution in [0.4, 0.5) is 5.69 Å². The summed E-state index contributed by atoms with van der Waals surface area (Å²) in [5.41, 5.74) is 4.36. The molecule has 0 spiro atoms. The van der Waals surface area contributed by atoms with Crippen molar-refractivity contribution in [1.82, 2.24) is 14.5 Å². The normalized spacial score (nSPS) is 17.5. The van der Waals surface area contributed by atoms with E-state index in [9.17, 15) is 4.79 Å². The van der Waals surface area contributed by atoms with Crippen LogP contribution in [0.2, 0.25) is 0 Å². The number of carbonyl (C=O) groups excluding carboxylic acids is 1. The fraction of sp³-hybridized carbons (Fsp3) is 0.462. The Balaban J connectivity index is 1.48. The van der Waals surface area contributed by atoms with Gasteiger partial charge in [-0.15, -0.1) is 0 Å². The van der Waals surface area contributed by atoms with Crippen LogP contribution < -0.4 is 5.32 Å². The molecule has 1 aliphatic rings. The van der Waals surface area contributed by atoms with Crippen LogP contribution in [0.3, 0.4) is 0 Å². The number of hydrogen-bond donors (Lipinski definition) is 1. The van der Waals surface area contributed by atoms with Crippen LogP contribution in [0.25, 0.3) is 11.0 Å². The van der Waals surface area contributed by atoms with Gasteiger partial charge < -0.3 is 9.88 Å². The van der Waals surface area contributed by atoms with E-state index < -0.39 is 0 Å². The van der Waals surface area contributed by atoms with Crippen molar-refractivity contribution in [3.8, 4) is 0 Å². The number of aromatic nitrogens is 2. The Morgan fingerprint density at radius 2 is 1.84 bits per heavy atom. The molecule has 1 amide bonds. The summed E-state index contributed by atoms with van der Waals surface area (Å²) in [6.45, 7) is 11.3. The first-order chi connectivity index (χ1) is 14.9. The lowest BCUT2D eigenvalue weighted by atomic mass is 9.96. The van der Waals surface area contributed by atoms with Gasteiger partial charge in [0.25, 0.3) is 0 Å². The molecule has 4 rings (SSSR count). The Morgan fingerprint density at radius 1 is 1.10 bits per heavy atom. The maximum absolute atomic E-state index is 13.1. The van der Waals surface area contributed by atoms with Crippen molar-refractivity contribution in [1.29, 1.82) is 0 Å². The summed E-state index contributed by atoms with van der Waals surface area (Å²) in [6.07, 6.45) is 1.97. The lowest BCUT2D eigenvalue weighted by molar-refractivity contribution is -0.121. The van der Waals surface area contributed by atoms with Gasteiger partial charge in [0, 0.05) is 18.3 Å². The van der Waals surface area contributed by atoms with E-state index in [1.54, 1.807) is 0 Å². The third-order valence-corrected chi connectivity index (χ3v) is 6.27. The number of amides is 1. The zero-order chi connectivity index (χ0) is 22.0. The zero-order valence-electron chi connectivity index (χ0n) is 19.1. The molecule has 1 aliphatic heterocycles. The third kappa shape index (κ3) is 4.67. The van der Waals surface area contributed by atoms with E-state index in [2.05, 4.69) is 66.7 Å². The lowest BCUT2D eigenvalue weighted by Gasteiger charge is -2.32. The van der Waals surface area contributed by atoms with Crippen molar-refractivity contribution in [2.75, 3.05) is 18.4 Å². The highest BCUT2D eigenvalue weighted by Crippen LogP contribution is 2.27. The molecule has 0 saturated carbocycles. The van der Waals surface area contributed by atoms with E-state index >= 15 is 0 Å². The number of benzene rings is 2. The van der Waals surface area contributed by atoms with E-state index in [-0.39, 0.29) is 11.8 Å². The monoisotopic (exact) mass is 418 g/mol. The second-order valence-corrected chi connectivity index (χ2v) is 9.29. The molecule has 1 atom stereocenters. The van der Waals surface area contributed by atoms with Crippen LogP contribution in [-0.2, 0) is 11.3 Å². The lowest BCUT2D eigenvalue weighted by Crippen LogP contribution is -2.40. The van der Waals surface area contributed by atoms with Crippen LogP contribution in [-0.4, -0.2) is 33.4 Å². The Hall–Kier alpha value is -2.66. The standard InChI is InChI=1S/C26H34N4O/c1-18(2)21-11-5-6-12-22(21)28-26(31)20-10-9-15-29(16-20)17-25-27-23-13-7-8-14-24(23)30(25)19(3)4/h5-8,11-14,18-20H,9-10,15-17H2,1-4H3,(H,28,31)/t20-/m0/s1. The first-order valence-corrected chi connectivity index (χ1v) is 11.5. The molecule has 1 fully saturated rings. The highest BCUT2D eigenvalue weighted by atomic mass is 16.1. The molecule has 31 heavy (non-hydrogen) atoms. The summed E-state index contributed by atoms with van der Waals surface area (Å²) in [5, 5.41) is 3.21. The minimum Gasteiger partial charge on any atom is -0.326 e. The maximum atomic E-state index is 13.1. The minimum absolute atomic E-state index is 0.00541. The molecular formula is C26H34N4O. The Kier molecular flexibility index (Phi) is 6.42. The molecule has 2 heterocycles. The smallest absolute Gasteiger partial charge is 0.228 e. The van der Waals surface area contributed by atoms with Gasteiger partial charge in [0.15, 0.2) is 0 Å². The summed E-state index contributed by atoms with van der Waals surface area (Å²) in [5.74, 6) is 1.60. The Bertz CT molecular complexity index is 1050.